The molecule has 0 atom stereocenters. The molecule has 0 bridgehead atoms. The fraction of sp³-hybridized carbons (Fsp3) is 0.235. The lowest BCUT2D eigenvalue weighted by Crippen LogP contribution is -2.21. The van der Waals surface area contributed by atoms with Gasteiger partial charge in [-0.1, -0.05) is 44.2 Å². The Kier molecular flexibility index (Phi) is 5.39. The fourth-order valence-corrected chi connectivity index (χ4v) is 2.40. The monoisotopic (exact) mass is 347 g/mol. The standard InChI is InChI=1S/C17H18BrNO2/c1-12(2)13-7-3-5-9-15(13)19-17(20)11-21-16-10-6-4-8-14(16)18/h3-10,12H,11H2,1-2H3,(H,19,20). The number of hydrogen-bond donors (Lipinski definition) is 1. The molecule has 0 heterocycles. The van der Waals surface area contributed by atoms with E-state index in [0.29, 0.717) is 11.7 Å². The van der Waals surface area contributed by atoms with Gasteiger partial charge in [0, 0.05) is 5.69 Å². The van der Waals surface area contributed by atoms with Gasteiger partial charge >= 0.3 is 0 Å². The van der Waals surface area contributed by atoms with Crippen LogP contribution < -0.4 is 10.1 Å². The highest BCUT2D eigenvalue weighted by atomic mass is 79.9. The van der Waals surface area contributed by atoms with Crippen LogP contribution in [0.15, 0.2) is 53.0 Å². The van der Waals surface area contributed by atoms with Crippen molar-refractivity contribution in [2.75, 3.05) is 11.9 Å². The third-order valence-corrected chi connectivity index (χ3v) is 3.71. The van der Waals surface area contributed by atoms with Crippen molar-refractivity contribution >= 4 is 27.5 Å². The van der Waals surface area contributed by atoms with Crippen LogP contribution in [0.3, 0.4) is 0 Å². The number of nitrogens with one attached hydrogen (secondary N) is 1. The first-order valence-corrected chi connectivity index (χ1v) is 7.63. The number of anilines is 1. The molecule has 1 N–H and O–H groups in total. The number of carbonyl (C=O) groups is 1. The van der Waals surface area contributed by atoms with Gasteiger partial charge in [-0.3, -0.25) is 4.79 Å². The Labute approximate surface area is 133 Å². The Morgan fingerprint density at radius 2 is 1.81 bits per heavy atom. The molecule has 2 aromatic carbocycles. The van der Waals surface area contributed by atoms with Crippen LogP contribution in [0.1, 0.15) is 25.3 Å². The van der Waals surface area contributed by atoms with Gasteiger partial charge in [0.15, 0.2) is 6.61 Å². The second-order valence-electron chi connectivity index (χ2n) is 5.01. The topological polar surface area (TPSA) is 38.3 Å². The minimum absolute atomic E-state index is 0.0188. The van der Waals surface area contributed by atoms with E-state index in [1.165, 1.54) is 0 Å². The zero-order valence-electron chi connectivity index (χ0n) is 12.1. The van der Waals surface area contributed by atoms with Gasteiger partial charge in [-0.2, -0.15) is 0 Å². The Hall–Kier alpha value is -1.81. The Morgan fingerprint density at radius 3 is 2.52 bits per heavy atom. The molecule has 21 heavy (non-hydrogen) atoms. The maximum absolute atomic E-state index is 12.0. The lowest BCUT2D eigenvalue weighted by Gasteiger charge is -2.14. The number of carbonyl (C=O) groups excluding carboxylic acids is 1. The van der Waals surface area contributed by atoms with Crippen molar-refractivity contribution in [3.63, 3.8) is 0 Å². The van der Waals surface area contributed by atoms with Gasteiger partial charge in [0.05, 0.1) is 4.47 Å². The van der Waals surface area contributed by atoms with E-state index in [1.807, 2.05) is 48.5 Å². The largest absolute Gasteiger partial charge is 0.483 e. The highest BCUT2D eigenvalue weighted by Crippen LogP contribution is 2.25. The molecule has 0 aliphatic carbocycles. The van der Waals surface area contributed by atoms with Crippen molar-refractivity contribution < 1.29 is 9.53 Å². The highest BCUT2D eigenvalue weighted by molar-refractivity contribution is 9.10. The smallest absolute Gasteiger partial charge is 0.262 e. The van der Waals surface area contributed by atoms with Crippen LogP contribution in [0.2, 0.25) is 0 Å². The van der Waals surface area contributed by atoms with E-state index in [9.17, 15) is 4.79 Å². The lowest BCUT2D eigenvalue weighted by molar-refractivity contribution is -0.118. The number of para-hydroxylation sites is 2. The van der Waals surface area contributed by atoms with Gasteiger partial charge in [-0.15, -0.1) is 0 Å². The van der Waals surface area contributed by atoms with Crippen LogP contribution in [-0.2, 0) is 4.79 Å². The van der Waals surface area contributed by atoms with Crippen LogP contribution in [0, 0.1) is 0 Å². The average Bonchev–Trinajstić information content (AvgIpc) is 2.47. The van der Waals surface area contributed by atoms with Crippen molar-refractivity contribution in [2.24, 2.45) is 0 Å². The molecule has 0 radical (unpaired) electrons. The molecule has 0 spiro atoms. The summed E-state index contributed by atoms with van der Waals surface area (Å²) in [7, 11) is 0. The molecule has 0 aliphatic heterocycles. The number of benzene rings is 2. The van der Waals surface area contributed by atoms with Gasteiger partial charge in [-0.25, -0.2) is 0 Å². The molecule has 0 fully saturated rings. The predicted molar refractivity (Wildman–Crippen MR) is 88.8 cm³/mol. The van der Waals surface area contributed by atoms with E-state index in [1.54, 1.807) is 0 Å². The summed E-state index contributed by atoms with van der Waals surface area (Å²) in [4.78, 5) is 12.0. The summed E-state index contributed by atoms with van der Waals surface area (Å²) in [6.45, 7) is 4.18. The van der Waals surface area contributed by atoms with Crippen LogP contribution in [-0.4, -0.2) is 12.5 Å². The summed E-state index contributed by atoms with van der Waals surface area (Å²) < 4.78 is 6.35. The predicted octanol–water partition coefficient (Wildman–Crippen LogP) is 4.59. The van der Waals surface area contributed by atoms with Gasteiger partial charge in [-0.05, 0) is 45.6 Å². The minimum Gasteiger partial charge on any atom is -0.483 e. The first kappa shape index (κ1) is 15.6. The van der Waals surface area contributed by atoms with Crippen molar-refractivity contribution in [1.29, 1.82) is 0 Å². The van der Waals surface area contributed by atoms with E-state index < -0.39 is 0 Å². The first-order valence-electron chi connectivity index (χ1n) is 6.84. The minimum atomic E-state index is -0.168. The molecule has 0 saturated carbocycles. The number of hydrogen-bond acceptors (Lipinski definition) is 2. The summed E-state index contributed by atoms with van der Waals surface area (Å²) in [6, 6.07) is 15.3. The number of ether oxygens (including phenoxy) is 1. The number of rotatable bonds is 5. The van der Waals surface area contributed by atoms with Gasteiger partial charge in [0.25, 0.3) is 5.91 Å². The fourth-order valence-electron chi connectivity index (χ4n) is 2.01. The molecule has 0 aromatic heterocycles. The van der Waals surface area contributed by atoms with E-state index in [0.717, 1.165) is 15.7 Å². The van der Waals surface area contributed by atoms with Crippen LogP contribution >= 0.6 is 15.9 Å². The van der Waals surface area contributed by atoms with Crippen molar-refractivity contribution in [2.45, 2.75) is 19.8 Å². The van der Waals surface area contributed by atoms with Crippen molar-refractivity contribution in [1.82, 2.24) is 0 Å². The summed E-state index contributed by atoms with van der Waals surface area (Å²) in [5.74, 6) is 0.842. The molecule has 2 aromatic rings. The summed E-state index contributed by atoms with van der Waals surface area (Å²) in [6.07, 6.45) is 0. The normalized spacial score (nSPS) is 10.5. The lowest BCUT2D eigenvalue weighted by atomic mass is 10.0. The van der Waals surface area contributed by atoms with E-state index >= 15 is 0 Å². The molecule has 3 nitrogen and oxygen atoms in total. The van der Waals surface area contributed by atoms with Gasteiger partial charge in [0.1, 0.15) is 5.75 Å². The third kappa shape index (κ3) is 4.33. The maximum atomic E-state index is 12.0. The summed E-state index contributed by atoms with van der Waals surface area (Å²) >= 11 is 3.39. The third-order valence-electron chi connectivity index (χ3n) is 3.05. The molecule has 0 aliphatic rings. The molecular formula is C17H18BrNO2. The molecule has 1 amide bonds. The molecule has 110 valence electrons. The second kappa shape index (κ2) is 7.27. The number of halogens is 1. The second-order valence-corrected chi connectivity index (χ2v) is 5.86. The Morgan fingerprint density at radius 1 is 1.14 bits per heavy atom. The van der Waals surface area contributed by atoms with Crippen molar-refractivity contribution in [3.05, 3.63) is 58.6 Å². The van der Waals surface area contributed by atoms with E-state index in [-0.39, 0.29) is 12.5 Å². The van der Waals surface area contributed by atoms with E-state index in [4.69, 9.17) is 4.74 Å². The van der Waals surface area contributed by atoms with Gasteiger partial charge in [0.2, 0.25) is 0 Å². The zero-order chi connectivity index (χ0) is 15.2. The van der Waals surface area contributed by atoms with Crippen LogP contribution in [0.25, 0.3) is 0 Å². The quantitative estimate of drug-likeness (QED) is 0.858. The van der Waals surface area contributed by atoms with Crippen LogP contribution in [0.4, 0.5) is 5.69 Å². The van der Waals surface area contributed by atoms with Crippen LogP contribution in [0.5, 0.6) is 5.75 Å². The molecule has 4 heteroatoms. The Balaban J connectivity index is 1.98. The SMILES string of the molecule is CC(C)c1ccccc1NC(=O)COc1ccccc1Br. The highest BCUT2D eigenvalue weighted by Gasteiger charge is 2.10. The summed E-state index contributed by atoms with van der Waals surface area (Å²) in [5.41, 5.74) is 1.96. The summed E-state index contributed by atoms with van der Waals surface area (Å²) in [5, 5.41) is 2.90. The molecule has 0 unspecified atom stereocenters. The molecule has 0 saturated heterocycles. The molecular weight excluding hydrogens is 330 g/mol. The number of amides is 1. The maximum Gasteiger partial charge on any atom is 0.262 e. The molecule has 2 rings (SSSR count). The van der Waals surface area contributed by atoms with Crippen molar-refractivity contribution in [3.8, 4) is 5.75 Å². The first-order chi connectivity index (χ1) is 10.1. The van der Waals surface area contributed by atoms with E-state index in [2.05, 4.69) is 35.1 Å². The Bertz CT molecular complexity index is 626. The van der Waals surface area contributed by atoms with Gasteiger partial charge < -0.3 is 10.1 Å². The average molecular weight is 348 g/mol. The zero-order valence-corrected chi connectivity index (χ0v) is 13.7.